The van der Waals surface area contributed by atoms with Gasteiger partial charge in [-0.25, -0.2) is 0 Å². The van der Waals surface area contributed by atoms with E-state index in [1.807, 2.05) is 6.20 Å². The molecule has 1 heterocycles. The van der Waals surface area contributed by atoms with Gasteiger partial charge in [0.2, 0.25) is 0 Å². The second-order valence-electron chi connectivity index (χ2n) is 8.87. The van der Waals surface area contributed by atoms with Crippen LogP contribution in [0.4, 0.5) is 0 Å². The summed E-state index contributed by atoms with van der Waals surface area (Å²) >= 11 is 2.41. The molecule has 4 fully saturated rings. The summed E-state index contributed by atoms with van der Waals surface area (Å²) < 4.78 is 3.60. The molecule has 2 nitrogen and oxygen atoms in total. The van der Waals surface area contributed by atoms with Gasteiger partial charge in [-0.3, -0.25) is 4.68 Å². The predicted molar refractivity (Wildman–Crippen MR) is 89.5 cm³/mol. The highest BCUT2D eigenvalue weighted by Gasteiger charge is 2.60. The summed E-state index contributed by atoms with van der Waals surface area (Å²) in [5.41, 5.74) is 3.12. The molecule has 0 aromatic carbocycles. The van der Waals surface area contributed by atoms with Crippen LogP contribution in [0.2, 0.25) is 0 Å². The van der Waals surface area contributed by atoms with E-state index in [-0.39, 0.29) is 0 Å². The third-order valence-corrected chi connectivity index (χ3v) is 7.33. The topological polar surface area (TPSA) is 17.8 Å². The van der Waals surface area contributed by atoms with Crippen molar-refractivity contribution in [3.8, 4) is 0 Å². The van der Waals surface area contributed by atoms with Crippen LogP contribution in [0.25, 0.3) is 0 Å². The molecule has 110 valence electrons. The Morgan fingerprint density at radius 2 is 1.85 bits per heavy atom. The molecule has 1 aromatic heterocycles. The summed E-state index contributed by atoms with van der Waals surface area (Å²) in [5.74, 6) is 0.983. The standard InChI is InChI=1S/C17H25IN2/c1-12-14(18)7-19-20(12)11-17-6-13-4-15(2,9-17)8-16(3,5-13)10-17/h7,13H,4-6,8-11H2,1-3H3. The van der Waals surface area contributed by atoms with Gasteiger partial charge in [-0.15, -0.1) is 0 Å². The zero-order valence-corrected chi connectivity index (χ0v) is 15.0. The summed E-state index contributed by atoms with van der Waals surface area (Å²) in [4.78, 5) is 0. The van der Waals surface area contributed by atoms with Gasteiger partial charge in [0.1, 0.15) is 0 Å². The van der Waals surface area contributed by atoms with Gasteiger partial charge < -0.3 is 0 Å². The molecule has 0 saturated heterocycles. The molecule has 2 atom stereocenters. The van der Waals surface area contributed by atoms with Crippen LogP contribution in [0.15, 0.2) is 6.20 Å². The Balaban J connectivity index is 1.69. The molecular weight excluding hydrogens is 359 g/mol. The van der Waals surface area contributed by atoms with E-state index in [0.717, 1.165) is 12.5 Å². The van der Waals surface area contributed by atoms with Gasteiger partial charge in [0.05, 0.1) is 9.77 Å². The summed E-state index contributed by atoms with van der Waals surface area (Å²) in [5, 5.41) is 4.65. The lowest BCUT2D eigenvalue weighted by Gasteiger charge is -2.65. The van der Waals surface area contributed by atoms with Crippen LogP contribution in [-0.2, 0) is 6.54 Å². The van der Waals surface area contributed by atoms with Gasteiger partial charge in [0.15, 0.2) is 0 Å². The fraction of sp³-hybridized carbons (Fsp3) is 0.824. The van der Waals surface area contributed by atoms with E-state index < -0.39 is 0 Å². The van der Waals surface area contributed by atoms with Gasteiger partial charge in [-0.05, 0) is 90.2 Å². The lowest BCUT2D eigenvalue weighted by molar-refractivity contribution is -0.151. The van der Waals surface area contributed by atoms with Crippen molar-refractivity contribution in [3.63, 3.8) is 0 Å². The molecule has 0 radical (unpaired) electrons. The van der Waals surface area contributed by atoms with Gasteiger partial charge >= 0.3 is 0 Å². The van der Waals surface area contributed by atoms with Crippen LogP contribution in [0.5, 0.6) is 0 Å². The van der Waals surface area contributed by atoms with E-state index in [0.29, 0.717) is 16.2 Å². The molecule has 4 saturated carbocycles. The predicted octanol–water partition coefficient (Wildman–Crippen LogP) is 4.79. The van der Waals surface area contributed by atoms with Crippen LogP contribution in [0.1, 0.15) is 58.1 Å². The van der Waals surface area contributed by atoms with Crippen molar-refractivity contribution in [2.75, 3.05) is 0 Å². The van der Waals surface area contributed by atoms with Crippen LogP contribution in [0, 0.1) is 32.7 Å². The molecule has 1 aromatic rings. The van der Waals surface area contributed by atoms with Crippen molar-refractivity contribution in [3.05, 3.63) is 15.5 Å². The molecule has 2 unspecified atom stereocenters. The molecular formula is C17H25IN2. The SMILES string of the molecule is Cc1c(I)cnn1CC12CC3CC(C)(CC(C)(C3)C1)C2. The minimum absolute atomic E-state index is 0.531. The third kappa shape index (κ3) is 1.98. The molecule has 5 rings (SSSR count). The van der Waals surface area contributed by atoms with E-state index in [4.69, 9.17) is 0 Å². The summed E-state index contributed by atoms with van der Waals surface area (Å²) in [6.45, 7) is 8.50. The molecule has 4 bridgehead atoms. The molecule has 3 heteroatoms. The zero-order valence-electron chi connectivity index (χ0n) is 12.9. The van der Waals surface area contributed by atoms with E-state index in [9.17, 15) is 0 Å². The molecule has 0 spiro atoms. The van der Waals surface area contributed by atoms with E-state index in [2.05, 4.69) is 53.1 Å². The van der Waals surface area contributed by atoms with Crippen molar-refractivity contribution in [1.82, 2.24) is 9.78 Å². The van der Waals surface area contributed by atoms with E-state index in [1.165, 1.54) is 47.8 Å². The minimum atomic E-state index is 0.531. The first-order chi connectivity index (χ1) is 9.31. The largest absolute Gasteiger partial charge is 0.268 e. The Bertz CT molecular complexity index is 543. The highest BCUT2D eigenvalue weighted by atomic mass is 127. The normalized spacial score (nSPS) is 46.1. The molecule has 0 N–H and O–H groups in total. The van der Waals surface area contributed by atoms with E-state index in [1.54, 1.807) is 0 Å². The van der Waals surface area contributed by atoms with Crippen molar-refractivity contribution < 1.29 is 0 Å². The maximum absolute atomic E-state index is 4.65. The Labute approximate surface area is 135 Å². The monoisotopic (exact) mass is 384 g/mol. The fourth-order valence-electron chi connectivity index (χ4n) is 6.76. The Morgan fingerprint density at radius 3 is 2.35 bits per heavy atom. The highest BCUT2D eigenvalue weighted by molar-refractivity contribution is 14.1. The summed E-state index contributed by atoms with van der Waals surface area (Å²) in [7, 11) is 0. The van der Waals surface area contributed by atoms with Gasteiger partial charge in [0.25, 0.3) is 0 Å². The smallest absolute Gasteiger partial charge is 0.0626 e. The second kappa shape index (κ2) is 4.02. The number of halogens is 1. The lowest BCUT2D eigenvalue weighted by Crippen LogP contribution is -2.56. The van der Waals surface area contributed by atoms with Gasteiger partial charge in [0, 0.05) is 12.2 Å². The fourth-order valence-corrected chi connectivity index (χ4v) is 7.16. The first-order valence-electron chi connectivity index (χ1n) is 7.99. The number of hydrogen-bond acceptors (Lipinski definition) is 1. The minimum Gasteiger partial charge on any atom is -0.268 e. The van der Waals surface area contributed by atoms with Crippen LogP contribution in [-0.4, -0.2) is 9.78 Å². The average molecular weight is 384 g/mol. The van der Waals surface area contributed by atoms with Crippen molar-refractivity contribution in [1.29, 1.82) is 0 Å². The average Bonchev–Trinajstić information content (AvgIpc) is 2.55. The highest BCUT2D eigenvalue weighted by Crippen LogP contribution is 2.69. The van der Waals surface area contributed by atoms with Crippen LogP contribution >= 0.6 is 22.6 Å². The van der Waals surface area contributed by atoms with Crippen molar-refractivity contribution in [2.45, 2.75) is 65.8 Å². The Hall–Kier alpha value is -0.0600. The summed E-state index contributed by atoms with van der Waals surface area (Å²) in [6, 6.07) is 0. The summed E-state index contributed by atoms with van der Waals surface area (Å²) in [6.07, 6.45) is 10.8. The second-order valence-corrected chi connectivity index (χ2v) is 10.0. The molecule has 0 aliphatic heterocycles. The number of aromatic nitrogens is 2. The quantitative estimate of drug-likeness (QED) is 0.671. The lowest BCUT2D eigenvalue weighted by atomic mass is 9.40. The van der Waals surface area contributed by atoms with Crippen molar-refractivity contribution >= 4 is 22.6 Å². The van der Waals surface area contributed by atoms with Crippen LogP contribution < -0.4 is 0 Å². The Morgan fingerprint density at radius 1 is 1.20 bits per heavy atom. The maximum atomic E-state index is 4.65. The zero-order chi connectivity index (χ0) is 14.2. The Kier molecular flexibility index (Phi) is 2.73. The molecule has 4 aliphatic carbocycles. The first-order valence-corrected chi connectivity index (χ1v) is 9.06. The number of nitrogens with zero attached hydrogens (tertiary/aromatic N) is 2. The van der Waals surface area contributed by atoms with Crippen LogP contribution in [0.3, 0.4) is 0 Å². The third-order valence-electron chi connectivity index (χ3n) is 6.27. The van der Waals surface area contributed by atoms with Crippen molar-refractivity contribution in [2.24, 2.45) is 22.2 Å². The van der Waals surface area contributed by atoms with E-state index >= 15 is 0 Å². The molecule has 0 amide bonds. The number of rotatable bonds is 2. The first kappa shape index (κ1) is 13.6. The maximum Gasteiger partial charge on any atom is 0.0626 e. The molecule has 4 aliphatic rings. The molecule has 20 heavy (non-hydrogen) atoms. The van der Waals surface area contributed by atoms with Gasteiger partial charge in [-0.1, -0.05) is 13.8 Å². The number of hydrogen-bond donors (Lipinski definition) is 0. The van der Waals surface area contributed by atoms with Gasteiger partial charge in [-0.2, -0.15) is 5.10 Å².